The van der Waals surface area contributed by atoms with Crippen molar-refractivity contribution in [1.29, 1.82) is 0 Å². The molecule has 2 heterocycles. The second-order valence-corrected chi connectivity index (χ2v) is 7.70. The quantitative estimate of drug-likeness (QED) is 0.491. The van der Waals surface area contributed by atoms with Crippen molar-refractivity contribution in [3.05, 3.63) is 47.5 Å². The maximum Gasteiger partial charge on any atom is 0.162 e. The van der Waals surface area contributed by atoms with E-state index in [0.29, 0.717) is 66.8 Å². The van der Waals surface area contributed by atoms with Crippen molar-refractivity contribution in [2.45, 2.75) is 12.6 Å². The molecule has 3 aromatic rings. The number of hydrogen-bond donors (Lipinski definition) is 2. The van der Waals surface area contributed by atoms with Crippen LogP contribution in [-0.4, -0.2) is 66.2 Å². The van der Waals surface area contributed by atoms with Crippen LogP contribution in [0.1, 0.15) is 6.42 Å². The maximum atomic E-state index is 13.5. The highest BCUT2D eigenvalue weighted by molar-refractivity contribution is 6.31. The number of anilines is 2. The number of ether oxygens (including phenoxy) is 3. The number of benzene rings is 2. The number of nitrogens with zero attached hydrogens (tertiary/aromatic N) is 3. The van der Waals surface area contributed by atoms with E-state index in [4.69, 9.17) is 25.8 Å². The predicted octanol–water partition coefficient (Wildman–Crippen LogP) is 3.59. The second-order valence-electron chi connectivity index (χ2n) is 7.29. The van der Waals surface area contributed by atoms with Crippen LogP contribution >= 0.6 is 11.6 Å². The van der Waals surface area contributed by atoms with E-state index in [0.717, 1.165) is 6.42 Å². The van der Waals surface area contributed by atoms with Gasteiger partial charge in [-0.25, -0.2) is 14.4 Å². The van der Waals surface area contributed by atoms with E-state index in [1.165, 1.54) is 18.5 Å². The summed E-state index contributed by atoms with van der Waals surface area (Å²) in [5.41, 5.74) is 1.26. The summed E-state index contributed by atoms with van der Waals surface area (Å²) in [6.45, 7) is 2.78. The molecule has 0 amide bonds. The zero-order chi connectivity index (χ0) is 22.5. The smallest absolute Gasteiger partial charge is 0.162 e. The minimum Gasteiger partial charge on any atom is -0.493 e. The Morgan fingerprint density at radius 2 is 2.16 bits per heavy atom. The average Bonchev–Trinajstić information content (AvgIpc) is 2.80. The van der Waals surface area contributed by atoms with Gasteiger partial charge in [0.25, 0.3) is 0 Å². The first-order valence-electron chi connectivity index (χ1n) is 10.2. The number of aliphatic hydroxyl groups excluding tert-OH is 1. The van der Waals surface area contributed by atoms with Crippen molar-refractivity contribution in [1.82, 2.24) is 14.9 Å². The molecular weight excluding hydrogens is 439 g/mol. The highest BCUT2D eigenvalue weighted by Gasteiger charge is 2.20. The molecule has 1 aliphatic rings. The molecule has 1 aromatic heterocycles. The van der Waals surface area contributed by atoms with Crippen LogP contribution in [0.15, 0.2) is 36.7 Å². The van der Waals surface area contributed by atoms with Gasteiger partial charge in [-0.1, -0.05) is 11.6 Å². The third kappa shape index (κ3) is 5.18. The fourth-order valence-electron chi connectivity index (χ4n) is 3.48. The van der Waals surface area contributed by atoms with Crippen LogP contribution in [0, 0.1) is 5.82 Å². The number of halogens is 2. The molecule has 1 atom stereocenters. The molecule has 170 valence electrons. The van der Waals surface area contributed by atoms with Gasteiger partial charge in [0.05, 0.1) is 37.5 Å². The standard InChI is InChI=1S/C22H24ClFN4O4/c1-30-19-11-18-15(10-20(19)32-7-2-5-28-6-8-31-12-21(28)29)22(26-13-25-18)27-14-3-4-17(24)16(23)9-14/h3-4,9-11,13,21,29H,2,5-8,12H2,1H3,(H,25,26,27)/t21-/m0/s1. The van der Waals surface area contributed by atoms with Crippen LogP contribution in [0.2, 0.25) is 5.02 Å². The van der Waals surface area contributed by atoms with Crippen LogP contribution in [0.5, 0.6) is 11.5 Å². The fraction of sp³-hybridized carbons (Fsp3) is 0.364. The van der Waals surface area contributed by atoms with Gasteiger partial charge in [0.2, 0.25) is 0 Å². The molecule has 10 heteroatoms. The van der Waals surface area contributed by atoms with Crippen LogP contribution < -0.4 is 14.8 Å². The van der Waals surface area contributed by atoms with Gasteiger partial charge in [0, 0.05) is 30.2 Å². The van der Waals surface area contributed by atoms with Gasteiger partial charge in [0.1, 0.15) is 24.2 Å². The summed E-state index contributed by atoms with van der Waals surface area (Å²) >= 11 is 5.89. The van der Waals surface area contributed by atoms with Crippen LogP contribution in [0.3, 0.4) is 0 Å². The number of methoxy groups -OCH3 is 1. The largest absolute Gasteiger partial charge is 0.493 e. The number of nitrogens with one attached hydrogen (secondary N) is 1. The molecule has 0 saturated carbocycles. The Kier molecular flexibility index (Phi) is 7.21. The van der Waals surface area contributed by atoms with Crippen LogP contribution in [0.4, 0.5) is 15.9 Å². The van der Waals surface area contributed by atoms with Gasteiger partial charge in [-0.05, 0) is 30.7 Å². The Morgan fingerprint density at radius 1 is 1.28 bits per heavy atom. The van der Waals surface area contributed by atoms with Gasteiger partial charge in [-0.15, -0.1) is 0 Å². The highest BCUT2D eigenvalue weighted by Crippen LogP contribution is 2.35. The lowest BCUT2D eigenvalue weighted by Gasteiger charge is -2.31. The first-order valence-corrected chi connectivity index (χ1v) is 10.6. The summed E-state index contributed by atoms with van der Waals surface area (Å²) in [6, 6.07) is 7.95. The summed E-state index contributed by atoms with van der Waals surface area (Å²) in [5.74, 6) is 1.15. The third-order valence-electron chi connectivity index (χ3n) is 5.16. The van der Waals surface area contributed by atoms with Crippen molar-refractivity contribution >= 4 is 34.0 Å². The lowest BCUT2D eigenvalue weighted by atomic mass is 10.2. The molecule has 0 radical (unpaired) electrons. The number of aliphatic hydroxyl groups is 1. The van der Waals surface area contributed by atoms with Crippen LogP contribution in [0.25, 0.3) is 10.9 Å². The second kappa shape index (κ2) is 10.3. The Morgan fingerprint density at radius 3 is 2.94 bits per heavy atom. The zero-order valence-electron chi connectivity index (χ0n) is 17.6. The Balaban J connectivity index is 1.50. The molecule has 0 spiro atoms. The molecule has 2 N–H and O–H groups in total. The topological polar surface area (TPSA) is 89.0 Å². The molecule has 1 fully saturated rings. The van der Waals surface area contributed by atoms with E-state index >= 15 is 0 Å². The van der Waals surface area contributed by atoms with E-state index in [9.17, 15) is 9.50 Å². The minimum absolute atomic E-state index is 0.0180. The lowest BCUT2D eigenvalue weighted by Crippen LogP contribution is -2.45. The number of aromatic nitrogens is 2. The van der Waals surface area contributed by atoms with Gasteiger partial charge < -0.3 is 24.6 Å². The number of morpholine rings is 1. The lowest BCUT2D eigenvalue weighted by molar-refractivity contribution is -0.106. The van der Waals surface area contributed by atoms with E-state index in [-0.39, 0.29) is 5.02 Å². The summed E-state index contributed by atoms with van der Waals surface area (Å²) in [6.07, 6.45) is 1.58. The molecule has 0 unspecified atom stereocenters. The fourth-order valence-corrected chi connectivity index (χ4v) is 3.66. The van der Waals surface area contributed by atoms with Gasteiger partial charge in [-0.3, -0.25) is 4.90 Å². The van der Waals surface area contributed by atoms with Crippen molar-refractivity contribution in [3.63, 3.8) is 0 Å². The van der Waals surface area contributed by atoms with Gasteiger partial charge in [-0.2, -0.15) is 0 Å². The van der Waals surface area contributed by atoms with Crippen LogP contribution in [-0.2, 0) is 4.74 Å². The Hall–Kier alpha value is -2.72. The first kappa shape index (κ1) is 22.5. The number of rotatable bonds is 8. The molecule has 0 bridgehead atoms. The minimum atomic E-state index is -0.579. The zero-order valence-corrected chi connectivity index (χ0v) is 18.3. The monoisotopic (exact) mass is 462 g/mol. The number of hydrogen-bond acceptors (Lipinski definition) is 8. The van der Waals surface area contributed by atoms with E-state index in [1.807, 2.05) is 11.0 Å². The van der Waals surface area contributed by atoms with Gasteiger partial charge in [0.15, 0.2) is 11.5 Å². The molecular formula is C22H24ClFN4O4. The average molecular weight is 463 g/mol. The normalized spacial score (nSPS) is 16.8. The molecule has 2 aromatic carbocycles. The van der Waals surface area contributed by atoms with E-state index in [1.54, 1.807) is 19.2 Å². The summed E-state index contributed by atoms with van der Waals surface area (Å²) < 4.78 is 30.2. The van der Waals surface area contributed by atoms with Gasteiger partial charge >= 0.3 is 0 Å². The van der Waals surface area contributed by atoms with Crippen molar-refractivity contribution in [2.24, 2.45) is 0 Å². The molecule has 0 aliphatic carbocycles. The number of fused-ring (bicyclic) bond motifs is 1. The SMILES string of the molecule is COc1cc2ncnc(Nc3ccc(F)c(Cl)c3)c2cc1OCCCN1CCOC[C@@H]1O. The van der Waals surface area contributed by atoms with E-state index in [2.05, 4.69) is 15.3 Å². The molecule has 1 aliphatic heterocycles. The molecule has 32 heavy (non-hydrogen) atoms. The van der Waals surface area contributed by atoms with Crippen molar-refractivity contribution < 1.29 is 23.7 Å². The molecule has 8 nitrogen and oxygen atoms in total. The van der Waals surface area contributed by atoms with Crippen molar-refractivity contribution in [3.8, 4) is 11.5 Å². The summed E-state index contributed by atoms with van der Waals surface area (Å²) in [4.78, 5) is 10.6. The van der Waals surface area contributed by atoms with Crippen molar-refractivity contribution in [2.75, 3.05) is 45.3 Å². The third-order valence-corrected chi connectivity index (χ3v) is 5.45. The maximum absolute atomic E-state index is 13.5. The predicted molar refractivity (Wildman–Crippen MR) is 119 cm³/mol. The Labute approximate surface area is 189 Å². The molecule has 1 saturated heterocycles. The van der Waals surface area contributed by atoms with E-state index < -0.39 is 12.0 Å². The molecule has 4 rings (SSSR count). The summed E-state index contributed by atoms with van der Waals surface area (Å²) in [7, 11) is 1.57. The first-order chi connectivity index (χ1) is 15.5. The Bertz CT molecular complexity index is 1090. The summed E-state index contributed by atoms with van der Waals surface area (Å²) in [5, 5.41) is 13.8. The highest BCUT2D eigenvalue weighted by atomic mass is 35.5.